The molecule has 0 saturated heterocycles. The molecule has 2 saturated carbocycles. The maximum atomic E-state index is 12.5. The van der Waals surface area contributed by atoms with Crippen molar-refractivity contribution in [2.75, 3.05) is 13.7 Å². The fourth-order valence-electron chi connectivity index (χ4n) is 2.85. The van der Waals surface area contributed by atoms with Gasteiger partial charge in [0.05, 0.1) is 12.5 Å². The molecule has 1 aromatic rings. The number of amides is 1. The summed E-state index contributed by atoms with van der Waals surface area (Å²) in [7, 11) is 1.65. The molecule has 2 fully saturated rings. The van der Waals surface area contributed by atoms with Crippen LogP contribution in [0.4, 0.5) is 0 Å². The number of carbonyl (C=O) groups is 1. The summed E-state index contributed by atoms with van der Waals surface area (Å²) >= 11 is 0. The van der Waals surface area contributed by atoms with Gasteiger partial charge < -0.3 is 15.8 Å². The lowest BCUT2D eigenvalue weighted by molar-refractivity contribution is -0.123. The molecule has 0 spiro atoms. The smallest absolute Gasteiger partial charge is 0.230 e. The summed E-state index contributed by atoms with van der Waals surface area (Å²) in [5, 5.41) is 3.04. The second kappa shape index (κ2) is 6.24. The Balaban J connectivity index is 0.00000161. The summed E-state index contributed by atoms with van der Waals surface area (Å²) in [5.74, 6) is 1.50. The van der Waals surface area contributed by atoms with E-state index in [0.717, 1.165) is 24.2 Å². The number of hydrogen-bond donors (Lipinski definition) is 2. The average Bonchev–Trinajstić information content (AvgIpc) is 3.37. The van der Waals surface area contributed by atoms with Crippen LogP contribution in [0.15, 0.2) is 24.3 Å². The Morgan fingerprint density at radius 2 is 2.10 bits per heavy atom. The van der Waals surface area contributed by atoms with Crippen LogP contribution < -0.4 is 15.8 Å². The van der Waals surface area contributed by atoms with E-state index in [1.54, 1.807) is 7.11 Å². The fraction of sp³-hybridized carbons (Fsp3) is 0.562. The van der Waals surface area contributed by atoms with Gasteiger partial charge in [-0.15, -0.1) is 12.4 Å². The van der Waals surface area contributed by atoms with Crippen molar-refractivity contribution in [3.8, 4) is 5.75 Å². The summed E-state index contributed by atoms with van der Waals surface area (Å²) in [4.78, 5) is 12.5. The van der Waals surface area contributed by atoms with Crippen molar-refractivity contribution >= 4 is 18.3 Å². The van der Waals surface area contributed by atoms with Gasteiger partial charge in [-0.25, -0.2) is 0 Å². The third-order valence-electron chi connectivity index (χ3n) is 4.53. The average molecular weight is 311 g/mol. The topological polar surface area (TPSA) is 64.3 Å². The van der Waals surface area contributed by atoms with Gasteiger partial charge in [-0.05, 0) is 37.7 Å². The van der Waals surface area contributed by atoms with Crippen molar-refractivity contribution in [3.05, 3.63) is 29.8 Å². The molecule has 1 amide bonds. The highest BCUT2D eigenvalue weighted by Crippen LogP contribution is 2.51. The molecule has 21 heavy (non-hydrogen) atoms. The number of nitrogens with two attached hydrogens (primary N) is 1. The number of rotatable bonds is 6. The molecule has 0 aliphatic heterocycles. The van der Waals surface area contributed by atoms with E-state index in [0.29, 0.717) is 12.5 Å². The maximum Gasteiger partial charge on any atom is 0.230 e. The second-order valence-electron chi connectivity index (χ2n) is 5.99. The summed E-state index contributed by atoms with van der Waals surface area (Å²) in [6.45, 7) is 0.584. The fourth-order valence-corrected chi connectivity index (χ4v) is 2.85. The molecule has 2 aliphatic rings. The number of ether oxygens (including phenoxy) is 1. The number of methoxy groups -OCH3 is 1. The Morgan fingerprint density at radius 1 is 1.43 bits per heavy atom. The minimum atomic E-state index is -0.393. The van der Waals surface area contributed by atoms with Crippen LogP contribution in [0.3, 0.4) is 0 Å². The Morgan fingerprint density at radius 3 is 2.67 bits per heavy atom. The standard InChI is InChI=1S/C16H22N2O2.ClH/c1-20-14-5-3-2-4-12(14)16(8-9-16)15(19)18-10-13(17)11-6-7-11;/h2-5,11,13H,6-10,17H2,1H3,(H,18,19);1H. The van der Waals surface area contributed by atoms with E-state index < -0.39 is 5.41 Å². The Kier molecular flexibility index (Phi) is 4.79. The highest BCUT2D eigenvalue weighted by Gasteiger charge is 2.52. The van der Waals surface area contributed by atoms with Crippen molar-refractivity contribution in [3.63, 3.8) is 0 Å². The van der Waals surface area contributed by atoms with Gasteiger partial charge >= 0.3 is 0 Å². The van der Waals surface area contributed by atoms with Gasteiger partial charge in [-0.3, -0.25) is 4.79 Å². The molecule has 0 radical (unpaired) electrons. The van der Waals surface area contributed by atoms with E-state index in [9.17, 15) is 4.79 Å². The first kappa shape index (κ1) is 16.1. The molecule has 1 unspecified atom stereocenters. The number of carbonyl (C=O) groups excluding carboxylic acids is 1. The van der Waals surface area contributed by atoms with E-state index in [4.69, 9.17) is 10.5 Å². The van der Waals surface area contributed by atoms with Crippen LogP contribution in [0, 0.1) is 5.92 Å². The Bertz CT molecular complexity index is 513. The second-order valence-corrected chi connectivity index (χ2v) is 5.99. The molecular formula is C16H23ClN2O2. The summed E-state index contributed by atoms with van der Waals surface area (Å²) in [6.07, 6.45) is 4.18. The lowest BCUT2D eigenvalue weighted by Crippen LogP contribution is -2.43. The van der Waals surface area contributed by atoms with Crippen LogP contribution in [0.1, 0.15) is 31.2 Å². The van der Waals surface area contributed by atoms with Gasteiger partial charge in [-0.2, -0.15) is 0 Å². The number of hydrogen-bond acceptors (Lipinski definition) is 3. The van der Waals surface area contributed by atoms with Crippen LogP contribution in [-0.2, 0) is 10.2 Å². The zero-order valence-corrected chi connectivity index (χ0v) is 13.1. The van der Waals surface area contributed by atoms with Crippen molar-refractivity contribution in [2.45, 2.75) is 37.1 Å². The molecular weight excluding hydrogens is 288 g/mol. The highest BCUT2D eigenvalue weighted by molar-refractivity contribution is 5.92. The quantitative estimate of drug-likeness (QED) is 0.844. The van der Waals surface area contributed by atoms with Gasteiger partial charge in [0.15, 0.2) is 0 Å². The molecule has 5 heteroatoms. The van der Waals surface area contributed by atoms with Gasteiger partial charge in [0, 0.05) is 18.2 Å². The molecule has 1 aromatic carbocycles. The zero-order chi connectivity index (χ0) is 14.2. The van der Waals surface area contributed by atoms with E-state index in [2.05, 4.69) is 5.32 Å². The normalized spacial score (nSPS) is 20.1. The van der Waals surface area contributed by atoms with Crippen molar-refractivity contribution in [2.24, 2.45) is 11.7 Å². The maximum absolute atomic E-state index is 12.5. The summed E-state index contributed by atoms with van der Waals surface area (Å²) in [6, 6.07) is 7.90. The molecule has 1 atom stereocenters. The summed E-state index contributed by atoms with van der Waals surface area (Å²) in [5.41, 5.74) is 6.65. The number of benzene rings is 1. The molecule has 0 heterocycles. The molecule has 0 bridgehead atoms. The molecule has 2 aliphatic carbocycles. The number of halogens is 1. The van der Waals surface area contributed by atoms with E-state index in [1.807, 2.05) is 24.3 Å². The van der Waals surface area contributed by atoms with Gasteiger partial charge in [-0.1, -0.05) is 18.2 Å². The van der Waals surface area contributed by atoms with E-state index in [-0.39, 0.29) is 24.4 Å². The Hall–Kier alpha value is -1.26. The third kappa shape index (κ3) is 3.16. The molecule has 3 N–H and O–H groups in total. The van der Waals surface area contributed by atoms with Crippen molar-refractivity contribution < 1.29 is 9.53 Å². The van der Waals surface area contributed by atoms with Gasteiger partial charge in [0.1, 0.15) is 5.75 Å². The molecule has 3 rings (SSSR count). The molecule has 0 aromatic heterocycles. The Labute approximate surface area is 131 Å². The van der Waals surface area contributed by atoms with Crippen LogP contribution in [0.2, 0.25) is 0 Å². The summed E-state index contributed by atoms with van der Waals surface area (Å²) < 4.78 is 5.39. The monoisotopic (exact) mass is 310 g/mol. The first-order chi connectivity index (χ1) is 9.67. The SMILES string of the molecule is COc1ccccc1C1(C(=O)NCC(N)C2CC2)CC1.Cl. The van der Waals surface area contributed by atoms with Gasteiger partial charge in [0.2, 0.25) is 5.91 Å². The minimum absolute atomic E-state index is 0. The largest absolute Gasteiger partial charge is 0.496 e. The molecule has 116 valence electrons. The lowest BCUT2D eigenvalue weighted by Gasteiger charge is -2.20. The number of para-hydroxylation sites is 1. The molecule has 4 nitrogen and oxygen atoms in total. The first-order valence-corrected chi connectivity index (χ1v) is 7.35. The van der Waals surface area contributed by atoms with Crippen LogP contribution in [0.25, 0.3) is 0 Å². The highest BCUT2D eigenvalue weighted by atomic mass is 35.5. The predicted molar refractivity (Wildman–Crippen MR) is 84.9 cm³/mol. The predicted octanol–water partition coefficient (Wildman–Crippen LogP) is 2.00. The van der Waals surface area contributed by atoms with Crippen LogP contribution in [-0.4, -0.2) is 25.6 Å². The van der Waals surface area contributed by atoms with Crippen LogP contribution >= 0.6 is 12.4 Å². The third-order valence-corrected chi connectivity index (χ3v) is 4.53. The van der Waals surface area contributed by atoms with Gasteiger partial charge in [0.25, 0.3) is 0 Å². The minimum Gasteiger partial charge on any atom is -0.496 e. The van der Waals surface area contributed by atoms with E-state index >= 15 is 0 Å². The van der Waals surface area contributed by atoms with E-state index in [1.165, 1.54) is 12.8 Å². The van der Waals surface area contributed by atoms with Crippen molar-refractivity contribution in [1.82, 2.24) is 5.32 Å². The number of nitrogens with one attached hydrogen (secondary N) is 1. The van der Waals surface area contributed by atoms with Crippen LogP contribution in [0.5, 0.6) is 5.75 Å². The van der Waals surface area contributed by atoms with Crippen molar-refractivity contribution in [1.29, 1.82) is 0 Å². The first-order valence-electron chi connectivity index (χ1n) is 7.35. The lowest BCUT2D eigenvalue weighted by atomic mass is 9.94. The zero-order valence-electron chi connectivity index (χ0n) is 12.3.